The van der Waals surface area contributed by atoms with Crippen LogP contribution < -0.4 is 10.1 Å². The summed E-state index contributed by atoms with van der Waals surface area (Å²) in [7, 11) is 1.51. The van der Waals surface area contributed by atoms with E-state index in [0.29, 0.717) is 24.8 Å². The van der Waals surface area contributed by atoms with Crippen molar-refractivity contribution in [2.75, 3.05) is 39.9 Å². The van der Waals surface area contributed by atoms with Crippen LogP contribution in [0.4, 0.5) is 0 Å². The average Bonchev–Trinajstić information content (AvgIpc) is 2.52. The van der Waals surface area contributed by atoms with Gasteiger partial charge in [0.2, 0.25) is 0 Å². The molecular weight excluding hydrogens is 296 g/mol. The minimum atomic E-state index is -0.310. The van der Waals surface area contributed by atoms with Crippen molar-refractivity contribution in [3.05, 3.63) is 23.8 Å². The van der Waals surface area contributed by atoms with Gasteiger partial charge < -0.3 is 19.9 Å². The summed E-state index contributed by atoms with van der Waals surface area (Å²) in [5, 5.41) is 12.7. The minimum absolute atomic E-state index is 0.0214. The van der Waals surface area contributed by atoms with E-state index in [1.165, 1.54) is 13.2 Å². The molecule has 1 aromatic carbocycles. The molecule has 1 fully saturated rings. The molecule has 0 aromatic heterocycles. The summed E-state index contributed by atoms with van der Waals surface area (Å²) in [5.41, 5.74) is 0.237. The number of methoxy groups -OCH3 is 1. The van der Waals surface area contributed by atoms with Crippen LogP contribution in [0.1, 0.15) is 24.2 Å². The van der Waals surface area contributed by atoms with E-state index in [-0.39, 0.29) is 23.3 Å². The fourth-order valence-electron chi connectivity index (χ4n) is 2.72. The number of carbonyl (C=O) groups excluding carboxylic acids is 1. The molecule has 0 spiro atoms. The molecule has 2 N–H and O–H groups in total. The summed E-state index contributed by atoms with van der Waals surface area (Å²) in [5.74, 6) is 0.723. The molecule has 0 bridgehead atoms. The normalized spacial score (nSPS) is 18.9. The highest BCUT2D eigenvalue weighted by Crippen LogP contribution is 2.23. The number of amides is 1. The van der Waals surface area contributed by atoms with Gasteiger partial charge in [0.1, 0.15) is 11.5 Å². The van der Waals surface area contributed by atoms with Crippen molar-refractivity contribution in [3.8, 4) is 11.5 Å². The number of morpholine rings is 1. The second kappa shape index (κ2) is 8.17. The van der Waals surface area contributed by atoms with Crippen LogP contribution >= 0.6 is 0 Å². The fraction of sp³-hybridized carbons (Fsp3) is 0.588. The first-order chi connectivity index (χ1) is 11.0. The summed E-state index contributed by atoms with van der Waals surface area (Å²) in [6, 6.07) is 4.63. The molecule has 1 aliphatic rings. The monoisotopic (exact) mass is 322 g/mol. The highest BCUT2D eigenvalue weighted by Gasteiger charge is 2.22. The SMILES string of the molecule is COc1ccc(C(=O)NC[C@@H]2CN(CC(C)C)CCO2)c(O)c1. The van der Waals surface area contributed by atoms with Gasteiger partial charge in [-0.05, 0) is 18.1 Å². The van der Waals surface area contributed by atoms with Crippen LogP contribution in [0.15, 0.2) is 18.2 Å². The zero-order valence-electron chi connectivity index (χ0n) is 14.0. The third-order valence-corrected chi connectivity index (χ3v) is 3.79. The smallest absolute Gasteiger partial charge is 0.255 e. The number of hydrogen-bond donors (Lipinski definition) is 2. The van der Waals surface area contributed by atoms with Gasteiger partial charge in [0.15, 0.2) is 0 Å². The minimum Gasteiger partial charge on any atom is -0.507 e. The Balaban J connectivity index is 1.86. The van der Waals surface area contributed by atoms with E-state index in [0.717, 1.165) is 19.6 Å². The van der Waals surface area contributed by atoms with E-state index >= 15 is 0 Å². The highest BCUT2D eigenvalue weighted by atomic mass is 16.5. The van der Waals surface area contributed by atoms with Gasteiger partial charge >= 0.3 is 0 Å². The first-order valence-corrected chi connectivity index (χ1v) is 7.98. The van der Waals surface area contributed by atoms with Crippen LogP contribution in [-0.4, -0.2) is 61.9 Å². The van der Waals surface area contributed by atoms with Gasteiger partial charge in [0, 0.05) is 32.2 Å². The molecule has 1 atom stereocenters. The lowest BCUT2D eigenvalue weighted by atomic mass is 10.1. The summed E-state index contributed by atoms with van der Waals surface area (Å²) in [6.45, 7) is 8.28. The number of hydrogen-bond acceptors (Lipinski definition) is 5. The van der Waals surface area contributed by atoms with Crippen molar-refractivity contribution in [3.63, 3.8) is 0 Å². The van der Waals surface area contributed by atoms with E-state index in [9.17, 15) is 9.90 Å². The number of ether oxygens (including phenoxy) is 2. The molecule has 1 amide bonds. The van der Waals surface area contributed by atoms with Gasteiger partial charge in [0.05, 0.1) is 25.4 Å². The zero-order valence-corrected chi connectivity index (χ0v) is 14.0. The van der Waals surface area contributed by atoms with Gasteiger partial charge in [-0.1, -0.05) is 13.8 Å². The van der Waals surface area contributed by atoms with Crippen LogP contribution in [-0.2, 0) is 4.74 Å². The molecule has 0 radical (unpaired) electrons. The van der Waals surface area contributed by atoms with Gasteiger partial charge in [-0.15, -0.1) is 0 Å². The van der Waals surface area contributed by atoms with Crippen molar-refractivity contribution >= 4 is 5.91 Å². The van der Waals surface area contributed by atoms with E-state index in [1.54, 1.807) is 12.1 Å². The first-order valence-electron chi connectivity index (χ1n) is 7.98. The lowest BCUT2D eigenvalue weighted by Gasteiger charge is -2.33. The molecule has 0 saturated carbocycles. The molecule has 23 heavy (non-hydrogen) atoms. The Kier molecular flexibility index (Phi) is 6.24. The zero-order chi connectivity index (χ0) is 16.8. The van der Waals surface area contributed by atoms with Crippen molar-refractivity contribution in [2.24, 2.45) is 5.92 Å². The molecule has 1 heterocycles. The molecule has 6 nitrogen and oxygen atoms in total. The standard InChI is InChI=1S/C17H26N2O4/c1-12(2)10-19-6-7-23-14(11-19)9-18-17(21)15-5-4-13(22-3)8-16(15)20/h4-5,8,12,14,20H,6-7,9-11H2,1-3H3,(H,18,21)/t14-/m1/s1. The summed E-state index contributed by atoms with van der Waals surface area (Å²) in [4.78, 5) is 14.5. The Morgan fingerprint density at radius 1 is 1.52 bits per heavy atom. The number of phenols is 1. The number of benzene rings is 1. The van der Waals surface area contributed by atoms with Gasteiger partial charge in [-0.3, -0.25) is 9.69 Å². The second-order valence-corrected chi connectivity index (χ2v) is 6.24. The summed E-state index contributed by atoms with van der Waals surface area (Å²) >= 11 is 0. The molecule has 128 valence electrons. The summed E-state index contributed by atoms with van der Waals surface area (Å²) in [6.07, 6.45) is -0.0214. The lowest BCUT2D eigenvalue weighted by molar-refractivity contribution is -0.0295. The van der Waals surface area contributed by atoms with Crippen LogP contribution in [0, 0.1) is 5.92 Å². The van der Waals surface area contributed by atoms with Crippen LogP contribution in [0.25, 0.3) is 0 Å². The fourth-order valence-corrected chi connectivity index (χ4v) is 2.72. The molecule has 1 aliphatic heterocycles. The number of aromatic hydroxyl groups is 1. The molecular formula is C17H26N2O4. The maximum Gasteiger partial charge on any atom is 0.255 e. The average molecular weight is 322 g/mol. The van der Waals surface area contributed by atoms with Crippen molar-refractivity contribution in [1.82, 2.24) is 10.2 Å². The Morgan fingerprint density at radius 3 is 2.96 bits per heavy atom. The number of nitrogens with one attached hydrogen (secondary N) is 1. The van der Waals surface area contributed by atoms with Gasteiger partial charge in [-0.25, -0.2) is 0 Å². The van der Waals surface area contributed by atoms with E-state index in [1.807, 2.05) is 0 Å². The molecule has 2 rings (SSSR count). The second-order valence-electron chi connectivity index (χ2n) is 6.24. The number of rotatable bonds is 6. The molecule has 0 aliphatic carbocycles. The van der Waals surface area contributed by atoms with Crippen molar-refractivity contribution in [2.45, 2.75) is 20.0 Å². The van der Waals surface area contributed by atoms with Crippen molar-refractivity contribution in [1.29, 1.82) is 0 Å². The lowest BCUT2D eigenvalue weighted by Crippen LogP contribution is -2.48. The van der Waals surface area contributed by atoms with E-state index in [2.05, 4.69) is 24.1 Å². The van der Waals surface area contributed by atoms with E-state index in [4.69, 9.17) is 9.47 Å². The largest absolute Gasteiger partial charge is 0.507 e. The summed E-state index contributed by atoms with van der Waals surface area (Å²) < 4.78 is 10.7. The van der Waals surface area contributed by atoms with Crippen LogP contribution in [0.2, 0.25) is 0 Å². The highest BCUT2D eigenvalue weighted by molar-refractivity contribution is 5.97. The predicted molar refractivity (Wildman–Crippen MR) is 88.0 cm³/mol. The van der Waals surface area contributed by atoms with Gasteiger partial charge in [0.25, 0.3) is 5.91 Å². The molecule has 6 heteroatoms. The molecule has 0 unspecified atom stereocenters. The molecule has 1 saturated heterocycles. The Hall–Kier alpha value is -1.79. The van der Waals surface area contributed by atoms with Crippen LogP contribution in [0.3, 0.4) is 0 Å². The number of nitrogens with zero attached hydrogens (tertiary/aromatic N) is 1. The quantitative estimate of drug-likeness (QED) is 0.830. The Labute approximate surface area is 137 Å². The number of phenolic OH excluding ortho intramolecular Hbond substituents is 1. The van der Waals surface area contributed by atoms with Crippen molar-refractivity contribution < 1.29 is 19.4 Å². The third-order valence-electron chi connectivity index (χ3n) is 3.79. The topological polar surface area (TPSA) is 71.0 Å². The van der Waals surface area contributed by atoms with Gasteiger partial charge in [-0.2, -0.15) is 0 Å². The maximum atomic E-state index is 12.2. The Morgan fingerprint density at radius 2 is 2.30 bits per heavy atom. The first kappa shape index (κ1) is 17.6. The number of carbonyl (C=O) groups is 1. The predicted octanol–water partition coefficient (Wildman–Crippen LogP) is 1.49. The Bertz CT molecular complexity index is 533. The third kappa shape index (κ3) is 5.11. The molecule has 1 aromatic rings. The maximum absolute atomic E-state index is 12.2. The van der Waals surface area contributed by atoms with Crippen LogP contribution in [0.5, 0.6) is 11.5 Å². The van der Waals surface area contributed by atoms with E-state index < -0.39 is 0 Å².